The highest BCUT2D eigenvalue weighted by Gasteiger charge is 2.38. The molecule has 0 unspecified atom stereocenters. The highest BCUT2D eigenvalue weighted by molar-refractivity contribution is 6.31. The summed E-state index contributed by atoms with van der Waals surface area (Å²) in [5.41, 5.74) is 1.20. The summed E-state index contributed by atoms with van der Waals surface area (Å²) >= 11 is 5.84. The van der Waals surface area contributed by atoms with E-state index in [2.05, 4.69) is 17.4 Å². The van der Waals surface area contributed by atoms with Gasteiger partial charge in [-0.3, -0.25) is 4.79 Å². The van der Waals surface area contributed by atoms with E-state index in [0.717, 1.165) is 19.3 Å². The molecule has 22 heavy (non-hydrogen) atoms. The van der Waals surface area contributed by atoms with Crippen LogP contribution in [-0.2, 0) is 5.41 Å². The van der Waals surface area contributed by atoms with E-state index in [9.17, 15) is 9.18 Å². The average Bonchev–Trinajstić information content (AvgIpc) is 2.49. The predicted octanol–water partition coefficient (Wildman–Crippen LogP) is 4.33. The van der Waals surface area contributed by atoms with Gasteiger partial charge in [-0.25, -0.2) is 4.39 Å². The van der Waals surface area contributed by atoms with Crippen LogP contribution in [0.2, 0.25) is 5.02 Å². The van der Waals surface area contributed by atoms with Crippen molar-refractivity contribution in [2.24, 2.45) is 0 Å². The summed E-state index contributed by atoms with van der Waals surface area (Å²) < 4.78 is 13.7. The lowest BCUT2D eigenvalue weighted by atomic mass is 9.64. The Kier molecular flexibility index (Phi) is 4.16. The summed E-state index contributed by atoms with van der Waals surface area (Å²) in [6, 6.07) is 14.2. The predicted molar refractivity (Wildman–Crippen MR) is 85.7 cm³/mol. The van der Waals surface area contributed by atoms with Crippen LogP contribution in [0.4, 0.5) is 4.39 Å². The molecule has 1 amide bonds. The van der Waals surface area contributed by atoms with Gasteiger partial charge in [0.25, 0.3) is 5.91 Å². The molecular formula is C18H17ClFNO. The monoisotopic (exact) mass is 317 g/mol. The first-order valence-electron chi connectivity index (χ1n) is 7.40. The SMILES string of the molecule is O=C(NCC1(c2ccccc2)CCC1)c1cc(Cl)ccc1F. The first-order valence-corrected chi connectivity index (χ1v) is 7.77. The minimum Gasteiger partial charge on any atom is -0.351 e. The summed E-state index contributed by atoms with van der Waals surface area (Å²) in [6.07, 6.45) is 3.22. The summed E-state index contributed by atoms with van der Waals surface area (Å²) in [7, 11) is 0. The molecule has 1 aliphatic carbocycles. The molecule has 1 aliphatic rings. The van der Waals surface area contributed by atoms with E-state index in [1.54, 1.807) is 0 Å². The minimum absolute atomic E-state index is 0.00460. The molecule has 0 radical (unpaired) electrons. The number of hydrogen-bond acceptors (Lipinski definition) is 1. The standard InChI is InChI=1S/C18H17ClFNO/c19-14-7-8-16(20)15(11-14)17(22)21-12-18(9-4-10-18)13-5-2-1-3-6-13/h1-3,5-8,11H,4,9-10,12H2,(H,21,22). The second-order valence-corrected chi connectivity index (χ2v) is 6.24. The van der Waals surface area contributed by atoms with Crippen molar-refractivity contribution in [2.75, 3.05) is 6.54 Å². The molecule has 0 spiro atoms. The van der Waals surface area contributed by atoms with Gasteiger partial charge in [-0.1, -0.05) is 48.4 Å². The van der Waals surface area contributed by atoms with Crippen molar-refractivity contribution < 1.29 is 9.18 Å². The van der Waals surface area contributed by atoms with E-state index in [0.29, 0.717) is 11.6 Å². The van der Waals surface area contributed by atoms with Gasteiger partial charge < -0.3 is 5.32 Å². The number of nitrogens with one attached hydrogen (secondary N) is 1. The Morgan fingerprint density at radius 2 is 1.91 bits per heavy atom. The van der Waals surface area contributed by atoms with Crippen LogP contribution in [0.15, 0.2) is 48.5 Å². The molecule has 0 saturated heterocycles. The quantitative estimate of drug-likeness (QED) is 0.893. The van der Waals surface area contributed by atoms with Gasteiger partial charge in [0.2, 0.25) is 0 Å². The van der Waals surface area contributed by atoms with Crippen LogP contribution in [0, 0.1) is 5.82 Å². The van der Waals surface area contributed by atoms with Crippen LogP contribution in [0.25, 0.3) is 0 Å². The van der Waals surface area contributed by atoms with E-state index in [4.69, 9.17) is 11.6 Å². The Labute approximate surface area is 134 Å². The normalized spacial score (nSPS) is 15.9. The van der Waals surface area contributed by atoms with Gasteiger partial charge >= 0.3 is 0 Å². The van der Waals surface area contributed by atoms with Crippen LogP contribution in [-0.4, -0.2) is 12.5 Å². The van der Waals surface area contributed by atoms with Crippen molar-refractivity contribution in [3.05, 3.63) is 70.5 Å². The number of hydrogen-bond donors (Lipinski definition) is 1. The number of carbonyl (C=O) groups is 1. The van der Waals surface area contributed by atoms with Gasteiger partial charge in [-0.05, 0) is 36.6 Å². The molecule has 0 atom stereocenters. The molecule has 0 bridgehead atoms. The lowest BCUT2D eigenvalue weighted by Crippen LogP contribution is -2.45. The summed E-state index contributed by atoms with van der Waals surface area (Å²) in [5.74, 6) is -0.966. The van der Waals surface area contributed by atoms with Crippen molar-refractivity contribution in [1.29, 1.82) is 0 Å². The minimum atomic E-state index is -0.552. The zero-order chi connectivity index (χ0) is 15.6. The van der Waals surface area contributed by atoms with Crippen molar-refractivity contribution in [3.63, 3.8) is 0 Å². The van der Waals surface area contributed by atoms with E-state index in [-0.39, 0.29) is 11.0 Å². The molecule has 1 N–H and O–H groups in total. The molecule has 0 heterocycles. The molecule has 1 fully saturated rings. The zero-order valence-corrected chi connectivity index (χ0v) is 12.9. The summed E-state index contributed by atoms with van der Waals surface area (Å²) in [5, 5.41) is 3.23. The second-order valence-electron chi connectivity index (χ2n) is 5.81. The first kappa shape index (κ1) is 15.0. The fourth-order valence-electron chi connectivity index (χ4n) is 2.98. The van der Waals surface area contributed by atoms with Gasteiger partial charge in [0.1, 0.15) is 5.82 Å². The zero-order valence-electron chi connectivity index (χ0n) is 12.1. The van der Waals surface area contributed by atoms with Crippen LogP contribution < -0.4 is 5.32 Å². The highest BCUT2D eigenvalue weighted by Crippen LogP contribution is 2.43. The maximum absolute atomic E-state index is 13.7. The highest BCUT2D eigenvalue weighted by atomic mass is 35.5. The van der Waals surface area contributed by atoms with Gasteiger partial charge in [0, 0.05) is 17.0 Å². The second kappa shape index (κ2) is 6.09. The molecule has 2 aromatic rings. The average molecular weight is 318 g/mol. The molecular weight excluding hydrogens is 301 g/mol. The maximum Gasteiger partial charge on any atom is 0.254 e. The number of amides is 1. The summed E-state index contributed by atoms with van der Waals surface area (Å²) in [6.45, 7) is 0.516. The van der Waals surface area contributed by atoms with Crippen LogP contribution in [0.1, 0.15) is 35.2 Å². The molecule has 4 heteroatoms. The van der Waals surface area contributed by atoms with Crippen molar-refractivity contribution >= 4 is 17.5 Å². The van der Waals surface area contributed by atoms with Crippen LogP contribution in [0.5, 0.6) is 0 Å². The number of halogens is 2. The van der Waals surface area contributed by atoms with Gasteiger partial charge in [0.05, 0.1) is 5.56 Å². The Bertz CT molecular complexity index is 683. The Morgan fingerprint density at radius 1 is 1.18 bits per heavy atom. The van der Waals surface area contributed by atoms with Crippen molar-refractivity contribution in [3.8, 4) is 0 Å². The molecule has 0 aromatic heterocycles. The van der Waals surface area contributed by atoms with E-state index in [1.165, 1.54) is 23.8 Å². The molecule has 0 aliphatic heterocycles. The first-order chi connectivity index (χ1) is 10.6. The largest absolute Gasteiger partial charge is 0.351 e. The Balaban J connectivity index is 1.74. The van der Waals surface area contributed by atoms with Gasteiger partial charge in [-0.15, -0.1) is 0 Å². The molecule has 1 saturated carbocycles. The molecule has 2 aromatic carbocycles. The third kappa shape index (κ3) is 2.86. The topological polar surface area (TPSA) is 29.1 Å². The molecule has 3 rings (SSSR count). The third-order valence-electron chi connectivity index (χ3n) is 4.46. The van der Waals surface area contributed by atoms with Gasteiger partial charge in [-0.2, -0.15) is 0 Å². The number of benzene rings is 2. The maximum atomic E-state index is 13.7. The van der Waals surface area contributed by atoms with E-state index in [1.807, 2.05) is 18.2 Å². The molecule has 2 nitrogen and oxygen atoms in total. The van der Waals surface area contributed by atoms with E-state index >= 15 is 0 Å². The smallest absolute Gasteiger partial charge is 0.254 e. The van der Waals surface area contributed by atoms with Crippen LogP contribution in [0.3, 0.4) is 0 Å². The fraction of sp³-hybridized carbons (Fsp3) is 0.278. The van der Waals surface area contributed by atoms with E-state index < -0.39 is 11.7 Å². The van der Waals surface area contributed by atoms with Crippen LogP contribution >= 0.6 is 11.6 Å². The van der Waals surface area contributed by atoms with Crippen molar-refractivity contribution in [1.82, 2.24) is 5.32 Å². The lowest BCUT2D eigenvalue weighted by molar-refractivity contribution is 0.0924. The third-order valence-corrected chi connectivity index (χ3v) is 4.69. The Hall–Kier alpha value is -1.87. The molecule has 114 valence electrons. The van der Waals surface area contributed by atoms with Gasteiger partial charge in [0.15, 0.2) is 0 Å². The summed E-state index contributed by atoms with van der Waals surface area (Å²) in [4.78, 5) is 12.2. The van der Waals surface area contributed by atoms with Crippen molar-refractivity contribution in [2.45, 2.75) is 24.7 Å². The number of rotatable bonds is 4. The Morgan fingerprint density at radius 3 is 2.55 bits per heavy atom. The number of carbonyl (C=O) groups excluding carboxylic acids is 1. The lowest BCUT2D eigenvalue weighted by Gasteiger charge is -2.42. The fourth-order valence-corrected chi connectivity index (χ4v) is 3.15.